The van der Waals surface area contributed by atoms with E-state index in [0.29, 0.717) is 45.1 Å². The van der Waals surface area contributed by atoms with Gasteiger partial charge in [-0.1, -0.05) is 32.4 Å². The minimum absolute atomic E-state index is 0.0482. The van der Waals surface area contributed by atoms with E-state index in [0.717, 1.165) is 19.3 Å². The molecule has 4 nitrogen and oxygen atoms in total. The summed E-state index contributed by atoms with van der Waals surface area (Å²) in [6.07, 6.45) is 9.08. The smallest absolute Gasteiger partial charge is 0.196 e. The van der Waals surface area contributed by atoms with Gasteiger partial charge in [0.25, 0.3) is 0 Å². The van der Waals surface area contributed by atoms with E-state index in [1.54, 1.807) is 6.08 Å². The second-order valence-electron chi connectivity index (χ2n) is 9.72. The lowest BCUT2D eigenvalue weighted by Gasteiger charge is -2.58. The highest BCUT2D eigenvalue weighted by Crippen LogP contribution is 2.62. The van der Waals surface area contributed by atoms with Crippen molar-refractivity contribution < 1.29 is 19.8 Å². The fraction of sp³-hybridized carbons (Fsp3) is 0.680. The first-order valence-electron chi connectivity index (χ1n) is 11.4. The van der Waals surface area contributed by atoms with Crippen molar-refractivity contribution in [3.63, 3.8) is 0 Å². The predicted octanol–water partition coefficient (Wildman–Crippen LogP) is 4.92. The van der Waals surface area contributed by atoms with E-state index in [1.165, 1.54) is 35.5 Å². The zero-order valence-electron chi connectivity index (χ0n) is 19.2. The Labute approximate surface area is 195 Å². The summed E-state index contributed by atoms with van der Waals surface area (Å²) >= 11 is 2.50. The van der Waals surface area contributed by atoms with Crippen LogP contribution in [0, 0.1) is 22.7 Å². The molecule has 0 heterocycles. The van der Waals surface area contributed by atoms with Crippen molar-refractivity contribution in [2.45, 2.75) is 59.8 Å². The van der Waals surface area contributed by atoms with Crippen molar-refractivity contribution >= 4 is 35.1 Å². The summed E-state index contributed by atoms with van der Waals surface area (Å²) in [5, 5.41) is 18.5. The van der Waals surface area contributed by atoms with E-state index in [4.69, 9.17) is 0 Å². The molecule has 3 rings (SSSR count). The van der Waals surface area contributed by atoms with E-state index in [9.17, 15) is 19.8 Å². The quantitative estimate of drug-likeness (QED) is 0.392. The Kier molecular flexibility index (Phi) is 7.99. The number of hydrogen-bond acceptors (Lipinski definition) is 6. The summed E-state index contributed by atoms with van der Waals surface area (Å²) in [7, 11) is 0. The van der Waals surface area contributed by atoms with Gasteiger partial charge in [-0.25, -0.2) is 0 Å². The molecule has 4 atom stereocenters. The summed E-state index contributed by atoms with van der Waals surface area (Å²) in [5.74, 6) is 1.51. The van der Waals surface area contributed by atoms with Gasteiger partial charge in [-0.15, -0.1) is 23.5 Å². The Bertz CT molecular complexity index is 827. The van der Waals surface area contributed by atoms with Crippen LogP contribution in [0.1, 0.15) is 59.8 Å². The zero-order valence-corrected chi connectivity index (χ0v) is 20.8. The number of aliphatic hydroxyl groups is 2. The normalized spacial score (nSPS) is 33.9. The minimum Gasteiger partial charge on any atom is -0.396 e. The van der Waals surface area contributed by atoms with Crippen molar-refractivity contribution in [2.75, 3.05) is 24.7 Å². The molecule has 0 aromatic rings. The molecule has 172 valence electrons. The number of allylic oxidation sites excluding steroid dienone is 6. The maximum Gasteiger partial charge on any atom is 0.196 e. The molecule has 3 aliphatic carbocycles. The van der Waals surface area contributed by atoms with Crippen LogP contribution in [-0.2, 0) is 9.59 Å². The SMILES string of the molecule is CC1=CCC[C@H]2[C@](C)(CC3=CC(=O)C(SCCO)=C(SCCO)C3=O)[C@@H](C)CC[C@]12C. The number of Topliss-reactive ketones (excluding diaryl/α,β-unsaturated/α-hetero) is 1. The van der Waals surface area contributed by atoms with Crippen molar-refractivity contribution in [3.05, 3.63) is 33.1 Å². The molecule has 1 saturated carbocycles. The molecule has 1 fully saturated rings. The molecule has 6 heteroatoms. The van der Waals surface area contributed by atoms with Crippen LogP contribution >= 0.6 is 23.5 Å². The molecule has 0 spiro atoms. The van der Waals surface area contributed by atoms with E-state index >= 15 is 0 Å². The largest absolute Gasteiger partial charge is 0.396 e. The van der Waals surface area contributed by atoms with Gasteiger partial charge in [0.1, 0.15) is 0 Å². The second-order valence-corrected chi connectivity index (χ2v) is 11.9. The molecule has 0 aliphatic heterocycles. The number of carbonyl (C=O) groups excluding carboxylic acids is 2. The highest BCUT2D eigenvalue weighted by Gasteiger charge is 2.54. The molecule has 0 unspecified atom stereocenters. The molecule has 0 radical (unpaired) electrons. The molecule has 0 amide bonds. The topological polar surface area (TPSA) is 74.6 Å². The Morgan fingerprint density at radius 2 is 1.71 bits per heavy atom. The Hall–Kier alpha value is -0.820. The summed E-state index contributed by atoms with van der Waals surface area (Å²) in [6.45, 7) is 9.19. The van der Waals surface area contributed by atoms with Crippen LogP contribution in [0.25, 0.3) is 0 Å². The third-order valence-corrected chi connectivity index (χ3v) is 10.3. The van der Waals surface area contributed by atoms with Crippen LogP contribution in [0.4, 0.5) is 0 Å². The molecular weight excluding hydrogens is 428 g/mol. The van der Waals surface area contributed by atoms with Gasteiger partial charge < -0.3 is 10.2 Å². The third kappa shape index (κ3) is 4.64. The maximum absolute atomic E-state index is 13.5. The van der Waals surface area contributed by atoms with E-state index in [-0.39, 0.29) is 35.6 Å². The lowest BCUT2D eigenvalue weighted by molar-refractivity contribution is -0.115. The van der Waals surface area contributed by atoms with Crippen molar-refractivity contribution in [1.29, 1.82) is 0 Å². The van der Waals surface area contributed by atoms with Gasteiger partial charge >= 0.3 is 0 Å². The van der Waals surface area contributed by atoms with Crippen LogP contribution in [0.3, 0.4) is 0 Å². The summed E-state index contributed by atoms with van der Waals surface area (Å²) in [6, 6.07) is 0. The van der Waals surface area contributed by atoms with Gasteiger partial charge in [0.2, 0.25) is 0 Å². The number of rotatable bonds is 8. The summed E-state index contributed by atoms with van der Waals surface area (Å²) < 4.78 is 0. The maximum atomic E-state index is 13.5. The van der Waals surface area contributed by atoms with Gasteiger partial charge in [0, 0.05) is 17.1 Å². The molecule has 31 heavy (non-hydrogen) atoms. The lowest BCUT2D eigenvalue weighted by atomic mass is 9.46. The van der Waals surface area contributed by atoms with E-state index < -0.39 is 0 Å². The number of thioether (sulfide) groups is 2. The average Bonchev–Trinajstić information content (AvgIpc) is 2.73. The second kappa shape index (κ2) is 9.98. The number of hydrogen-bond donors (Lipinski definition) is 2. The van der Waals surface area contributed by atoms with Gasteiger partial charge in [-0.2, -0.15) is 0 Å². The molecule has 0 aromatic heterocycles. The van der Waals surface area contributed by atoms with E-state index in [2.05, 4.69) is 33.8 Å². The number of fused-ring (bicyclic) bond motifs is 1. The Balaban J connectivity index is 1.93. The summed E-state index contributed by atoms with van der Waals surface area (Å²) in [5.41, 5.74) is 2.20. The first kappa shape index (κ1) is 24.8. The Morgan fingerprint density at radius 3 is 2.35 bits per heavy atom. The van der Waals surface area contributed by atoms with E-state index in [1.807, 2.05) is 0 Å². The number of ketones is 2. The zero-order chi connectivity index (χ0) is 22.8. The lowest BCUT2D eigenvalue weighted by Crippen LogP contribution is -2.50. The van der Waals surface area contributed by atoms with Gasteiger partial charge in [0.15, 0.2) is 11.6 Å². The standard InChI is InChI=1S/C25H36O4S2/c1-16-6-5-7-20-24(16,3)9-8-17(2)25(20,4)15-18-14-19(28)22(30-12-10-26)23(21(18)29)31-13-11-27/h6,14,17,20,26-27H,5,7-13,15H2,1-4H3/t17-,20+,24+,25+/m0/s1. The highest BCUT2D eigenvalue weighted by molar-refractivity contribution is 8.08. The first-order valence-corrected chi connectivity index (χ1v) is 13.3. The van der Waals surface area contributed by atoms with Gasteiger partial charge in [-0.05, 0) is 67.8 Å². The van der Waals surface area contributed by atoms with Crippen LogP contribution in [-0.4, -0.2) is 46.5 Å². The molecule has 0 saturated heterocycles. The van der Waals surface area contributed by atoms with Crippen molar-refractivity contribution in [2.24, 2.45) is 22.7 Å². The first-order chi connectivity index (χ1) is 14.7. The van der Waals surface area contributed by atoms with Gasteiger partial charge in [0.05, 0.1) is 23.0 Å². The van der Waals surface area contributed by atoms with Crippen LogP contribution in [0.5, 0.6) is 0 Å². The molecule has 0 bridgehead atoms. The molecular formula is C25H36O4S2. The van der Waals surface area contributed by atoms with Gasteiger partial charge in [-0.3, -0.25) is 9.59 Å². The molecule has 2 N–H and O–H groups in total. The predicted molar refractivity (Wildman–Crippen MR) is 130 cm³/mol. The minimum atomic E-state index is -0.136. The third-order valence-electron chi connectivity index (χ3n) is 8.07. The highest BCUT2D eigenvalue weighted by atomic mass is 32.2. The monoisotopic (exact) mass is 464 g/mol. The molecule has 3 aliphatic rings. The molecule has 0 aromatic carbocycles. The fourth-order valence-electron chi connectivity index (χ4n) is 5.96. The van der Waals surface area contributed by atoms with Crippen LogP contribution in [0.2, 0.25) is 0 Å². The number of carbonyl (C=O) groups is 2. The Morgan fingerprint density at radius 1 is 1.06 bits per heavy atom. The van der Waals surface area contributed by atoms with Crippen molar-refractivity contribution in [1.82, 2.24) is 0 Å². The fourth-order valence-corrected chi connectivity index (χ4v) is 7.83. The average molecular weight is 465 g/mol. The van der Waals surface area contributed by atoms with Crippen LogP contribution in [0.15, 0.2) is 33.1 Å². The number of aliphatic hydroxyl groups excluding tert-OH is 2. The van der Waals surface area contributed by atoms with Crippen LogP contribution < -0.4 is 0 Å². The summed E-state index contributed by atoms with van der Waals surface area (Å²) in [4.78, 5) is 27.4. The van der Waals surface area contributed by atoms with Crippen molar-refractivity contribution in [3.8, 4) is 0 Å².